The molecule has 1 rings (SSSR count). The molecule has 0 heterocycles. The van der Waals surface area contributed by atoms with Crippen molar-refractivity contribution in [3.8, 4) is 0 Å². The molecule has 0 aliphatic carbocycles. The van der Waals surface area contributed by atoms with Crippen molar-refractivity contribution in [2.45, 2.75) is 4.83 Å². The van der Waals surface area contributed by atoms with Crippen LogP contribution in [0.4, 0.5) is 0 Å². The zero-order valence-corrected chi connectivity index (χ0v) is 10.3. The Morgan fingerprint density at radius 2 is 1.92 bits per heavy atom. The van der Waals surface area contributed by atoms with Gasteiger partial charge in [-0.05, 0) is 12.6 Å². The molecule has 1 N–H and O–H groups in total. The summed E-state index contributed by atoms with van der Waals surface area (Å²) >= 11 is 3.58. The maximum absolute atomic E-state index is 3.58. The largest absolute Gasteiger partial charge is 0.318 e. The van der Waals surface area contributed by atoms with Gasteiger partial charge in [-0.25, -0.2) is 0 Å². The molecule has 1 aromatic rings. The van der Waals surface area contributed by atoms with Crippen LogP contribution in [0.15, 0.2) is 30.3 Å². The molecule has 0 bridgehead atoms. The Bertz CT molecular complexity index is 201. The van der Waals surface area contributed by atoms with E-state index in [2.05, 4.69) is 45.5 Å². The molecular formula is C9H13Br2N. The number of likely N-dealkylation sites (N-methyl/N-ethyl adjacent to an activating group) is 1. The van der Waals surface area contributed by atoms with Gasteiger partial charge in [-0.2, -0.15) is 0 Å². The predicted molar refractivity (Wildman–Crippen MR) is 62.4 cm³/mol. The van der Waals surface area contributed by atoms with Gasteiger partial charge in [0.05, 0.1) is 4.83 Å². The maximum atomic E-state index is 3.58. The zero-order chi connectivity index (χ0) is 8.10. The van der Waals surface area contributed by atoms with Gasteiger partial charge >= 0.3 is 0 Å². The molecule has 0 fully saturated rings. The summed E-state index contributed by atoms with van der Waals surface area (Å²) in [7, 11) is 1.96. The van der Waals surface area contributed by atoms with Crippen LogP contribution in [0.2, 0.25) is 0 Å². The number of rotatable bonds is 3. The first-order valence-corrected chi connectivity index (χ1v) is 4.60. The van der Waals surface area contributed by atoms with E-state index in [9.17, 15) is 0 Å². The molecule has 1 aromatic carbocycles. The van der Waals surface area contributed by atoms with Crippen molar-refractivity contribution < 1.29 is 0 Å². The van der Waals surface area contributed by atoms with Gasteiger partial charge < -0.3 is 5.32 Å². The summed E-state index contributed by atoms with van der Waals surface area (Å²) in [6, 6.07) is 10.4. The molecule has 3 heteroatoms. The van der Waals surface area contributed by atoms with Gasteiger partial charge in [0.2, 0.25) is 0 Å². The molecule has 0 radical (unpaired) electrons. The van der Waals surface area contributed by atoms with Gasteiger partial charge in [0.15, 0.2) is 0 Å². The molecule has 12 heavy (non-hydrogen) atoms. The van der Waals surface area contributed by atoms with Crippen LogP contribution < -0.4 is 5.32 Å². The van der Waals surface area contributed by atoms with E-state index in [0.717, 1.165) is 6.54 Å². The van der Waals surface area contributed by atoms with Crippen LogP contribution in [-0.2, 0) is 0 Å². The molecule has 0 aromatic heterocycles. The molecular weight excluding hydrogens is 282 g/mol. The van der Waals surface area contributed by atoms with E-state index in [1.165, 1.54) is 5.56 Å². The molecule has 0 spiro atoms. The van der Waals surface area contributed by atoms with Crippen molar-refractivity contribution in [2.24, 2.45) is 0 Å². The molecule has 0 saturated heterocycles. The van der Waals surface area contributed by atoms with Crippen LogP contribution in [0.5, 0.6) is 0 Å². The number of hydrogen-bond donors (Lipinski definition) is 1. The van der Waals surface area contributed by atoms with Gasteiger partial charge in [0.25, 0.3) is 0 Å². The fourth-order valence-electron chi connectivity index (χ4n) is 0.959. The fourth-order valence-corrected chi connectivity index (χ4v) is 1.59. The van der Waals surface area contributed by atoms with E-state index in [4.69, 9.17) is 0 Å². The summed E-state index contributed by atoms with van der Waals surface area (Å²) in [6.07, 6.45) is 0. The second-order valence-corrected chi connectivity index (χ2v) is 3.54. The van der Waals surface area contributed by atoms with Crippen LogP contribution >= 0.6 is 32.9 Å². The lowest BCUT2D eigenvalue weighted by Gasteiger charge is -2.07. The third-order valence-corrected chi connectivity index (χ3v) is 2.40. The second kappa shape index (κ2) is 6.63. The third kappa shape index (κ3) is 3.70. The van der Waals surface area contributed by atoms with E-state index in [0.29, 0.717) is 4.83 Å². The Kier molecular flexibility index (Phi) is 6.71. The lowest BCUT2D eigenvalue weighted by molar-refractivity contribution is 0.786. The standard InChI is InChI=1S/C9H12BrN.BrH/c1-11-7-9(10)8-5-3-2-4-6-8;/h2-6,9,11H,7H2,1H3;1H. The Morgan fingerprint density at radius 1 is 1.33 bits per heavy atom. The van der Waals surface area contributed by atoms with Crippen molar-refractivity contribution in [1.29, 1.82) is 0 Å². The van der Waals surface area contributed by atoms with Gasteiger partial charge in [-0.1, -0.05) is 46.3 Å². The van der Waals surface area contributed by atoms with Gasteiger partial charge in [0, 0.05) is 6.54 Å². The minimum Gasteiger partial charge on any atom is -0.318 e. The highest BCUT2D eigenvalue weighted by Gasteiger charge is 2.03. The summed E-state index contributed by atoms with van der Waals surface area (Å²) in [4.78, 5) is 0.425. The number of nitrogens with one attached hydrogen (secondary N) is 1. The molecule has 0 aliphatic rings. The zero-order valence-electron chi connectivity index (χ0n) is 6.96. The smallest absolute Gasteiger partial charge is 0.0519 e. The molecule has 0 aliphatic heterocycles. The number of benzene rings is 1. The Morgan fingerprint density at radius 3 is 2.42 bits per heavy atom. The van der Waals surface area contributed by atoms with Crippen LogP contribution in [0.1, 0.15) is 10.4 Å². The van der Waals surface area contributed by atoms with E-state index in [-0.39, 0.29) is 17.0 Å². The number of alkyl halides is 1. The quantitative estimate of drug-likeness (QED) is 0.845. The highest BCUT2D eigenvalue weighted by Crippen LogP contribution is 2.20. The Hall–Kier alpha value is 0.140. The fraction of sp³-hybridized carbons (Fsp3) is 0.333. The average molecular weight is 295 g/mol. The summed E-state index contributed by atoms with van der Waals surface area (Å²) < 4.78 is 0. The summed E-state index contributed by atoms with van der Waals surface area (Å²) in [5.74, 6) is 0. The van der Waals surface area contributed by atoms with Crippen molar-refractivity contribution >= 4 is 32.9 Å². The minimum absolute atomic E-state index is 0. The number of halogens is 2. The van der Waals surface area contributed by atoms with Gasteiger partial charge in [-0.3, -0.25) is 0 Å². The van der Waals surface area contributed by atoms with E-state index >= 15 is 0 Å². The van der Waals surface area contributed by atoms with Crippen molar-refractivity contribution in [2.75, 3.05) is 13.6 Å². The SMILES string of the molecule is Br.CNCC(Br)c1ccccc1. The summed E-state index contributed by atoms with van der Waals surface area (Å²) in [6.45, 7) is 0.962. The van der Waals surface area contributed by atoms with Gasteiger partial charge in [0.1, 0.15) is 0 Å². The molecule has 0 amide bonds. The molecule has 68 valence electrons. The first kappa shape index (κ1) is 12.1. The van der Waals surface area contributed by atoms with E-state index in [1.54, 1.807) is 0 Å². The second-order valence-electron chi connectivity index (χ2n) is 2.44. The van der Waals surface area contributed by atoms with Crippen LogP contribution in [0.3, 0.4) is 0 Å². The molecule has 1 unspecified atom stereocenters. The van der Waals surface area contributed by atoms with Crippen molar-refractivity contribution in [3.05, 3.63) is 35.9 Å². The predicted octanol–water partition coefficient (Wildman–Crippen LogP) is 2.92. The normalized spacial score (nSPS) is 11.8. The summed E-state index contributed by atoms with van der Waals surface area (Å²) in [5.41, 5.74) is 1.32. The third-order valence-electron chi connectivity index (χ3n) is 1.54. The topological polar surface area (TPSA) is 12.0 Å². The summed E-state index contributed by atoms with van der Waals surface area (Å²) in [5, 5.41) is 3.12. The lowest BCUT2D eigenvalue weighted by atomic mass is 10.1. The molecule has 1 atom stereocenters. The first-order valence-electron chi connectivity index (χ1n) is 3.68. The van der Waals surface area contributed by atoms with Crippen LogP contribution in [0.25, 0.3) is 0 Å². The Labute approximate surface area is 92.5 Å². The van der Waals surface area contributed by atoms with E-state index < -0.39 is 0 Å². The highest BCUT2D eigenvalue weighted by molar-refractivity contribution is 9.09. The van der Waals surface area contributed by atoms with Gasteiger partial charge in [-0.15, -0.1) is 17.0 Å². The van der Waals surface area contributed by atoms with E-state index in [1.807, 2.05) is 13.1 Å². The van der Waals surface area contributed by atoms with Crippen molar-refractivity contribution in [1.82, 2.24) is 5.32 Å². The molecule has 1 nitrogen and oxygen atoms in total. The monoisotopic (exact) mass is 293 g/mol. The highest BCUT2D eigenvalue weighted by atomic mass is 79.9. The van der Waals surface area contributed by atoms with Crippen LogP contribution in [-0.4, -0.2) is 13.6 Å². The first-order chi connectivity index (χ1) is 5.34. The Balaban J connectivity index is 0.00000121. The average Bonchev–Trinajstić information content (AvgIpc) is 2.07. The molecule has 0 saturated carbocycles. The minimum atomic E-state index is 0. The van der Waals surface area contributed by atoms with Crippen molar-refractivity contribution in [3.63, 3.8) is 0 Å². The number of hydrogen-bond acceptors (Lipinski definition) is 1. The lowest BCUT2D eigenvalue weighted by Crippen LogP contribution is -2.12. The van der Waals surface area contributed by atoms with Crippen LogP contribution in [0, 0.1) is 0 Å². The maximum Gasteiger partial charge on any atom is 0.0519 e.